The van der Waals surface area contributed by atoms with Crippen LogP contribution in [0.15, 0.2) is 30.5 Å². The van der Waals surface area contributed by atoms with E-state index in [2.05, 4.69) is 9.97 Å². The lowest BCUT2D eigenvalue weighted by molar-refractivity contribution is 0.506. The molecule has 0 saturated heterocycles. The molecule has 1 aromatic carbocycles. The number of anilines is 1. The Morgan fingerprint density at radius 1 is 1.20 bits per heavy atom. The van der Waals surface area contributed by atoms with Gasteiger partial charge in [-0.05, 0) is 36.2 Å². The fraction of sp³-hybridized carbons (Fsp3) is 0.143. The van der Waals surface area contributed by atoms with Crippen molar-refractivity contribution in [1.29, 1.82) is 0 Å². The summed E-state index contributed by atoms with van der Waals surface area (Å²) in [6, 6.07) is 5.63. The van der Waals surface area contributed by atoms with Crippen LogP contribution in [-0.2, 0) is 6.54 Å². The van der Waals surface area contributed by atoms with Gasteiger partial charge in [-0.3, -0.25) is 4.57 Å². The summed E-state index contributed by atoms with van der Waals surface area (Å²) in [5.41, 5.74) is 8.75. The van der Waals surface area contributed by atoms with Crippen LogP contribution in [0.2, 0.25) is 0 Å². The van der Waals surface area contributed by atoms with Crippen molar-refractivity contribution in [3.05, 3.63) is 53.2 Å². The number of aryl methyl sites for hydroxylation is 1. The molecular weight excluding hydrogens is 262 g/mol. The van der Waals surface area contributed by atoms with Crippen LogP contribution in [0.4, 0.5) is 14.7 Å². The molecule has 0 amide bonds. The fourth-order valence-electron chi connectivity index (χ4n) is 2.11. The van der Waals surface area contributed by atoms with Crippen LogP contribution in [0.5, 0.6) is 0 Å². The van der Waals surface area contributed by atoms with Gasteiger partial charge in [-0.15, -0.1) is 0 Å². The van der Waals surface area contributed by atoms with E-state index in [1.807, 2.05) is 13.0 Å². The minimum Gasteiger partial charge on any atom is -0.369 e. The van der Waals surface area contributed by atoms with Crippen LogP contribution in [0.3, 0.4) is 0 Å². The molecule has 4 nitrogen and oxygen atoms in total. The smallest absolute Gasteiger partial charge is 0.202 e. The summed E-state index contributed by atoms with van der Waals surface area (Å²) >= 11 is 0. The highest BCUT2D eigenvalue weighted by atomic mass is 19.2. The first-order valence-electron chi connectivity index (χ1n) is 6.07. The van der Waals surface area contributed by atoms with Crippen LogP contribution in [0.25, 0.3) is 11.2 Å². The molecule has 0 unspecified atom stereocenters. The van der Waals surface area contributed by atoms with Crippen molar-refractivity contribution < 1.29 is 8.78 Å². The van der Waals surface area contributed by atoms with Gasteiger partial charge in [-0.1, -0.05) is 6.07 Å². The zero-order valence-electron chi connectivity index (χ0n) is 10.8. The molecule has 0 atom stereocenters. The van der Waals surface area contributed by atoms with Crippen LogP contribution >= 0.6 is 0 Å². The van der Waals surface area contributed by atoms with Crippen molar-refractivity contribution in [2.45, 2.75) is 13.5 Å². The summed E-state index contributed by atoms with van der Waals surface area (Å²) in [6.45, 7) is 2.20. The second-order valence-corrected chi connectivity index (χ2v) is 4.66. The van der Waals surface area contributed by atoms with E-state index in [1.165, 1.54) is 6.07 Å². The largest absolute Gasteiger partial charge is 0.369 e. The zero-order valence-corrected chi connectivity index (χ0v) is 10.8. The second-order valence-electron chi connectivity index (χ2n) is 4.66. The van der Waals surface area contributed by atoms with Crippen LogP contribution in [0.1, 0.15) is 11.1 Å². The molecule has 3 rings (SSSR count). The van der Waals surface area contributed by atoms with E-state index >= 15 is 0 Å². The fourth-order valence-corrected chi connectivity index (χ4v) is 2.11. The number of benzene rings is 1. The summed E-state index contributed by atoms with van der Waals surface area (Å²) in [5.74, 6) is -1.46. The van der Waals surface area contributed by atoms with Crippen LogP contribution < -0.4 is 5.73 Å². The van der Waals surface area contributed by atoms with Gasteiger partial charge in [0.2, 0.25) is 5.95 Å². The molecule has 0 spiro atoms. The van der Waals surface area contributed by atoms with Gasteiger partial charge in [0.05, 0.1) is 6.54 Å². The normalized spacial score (nSPS) is 11.2. The Kier molecular flexibility index (Phi) is 2.85. The van der Waals surface area contributed by atoms with Crippen molar-refractivity contribution in [2.75, 3.05) is 5.73 Å². The summed E-state index contributed by atoms with van der Waals surface area (Å²) in [4.78, 5) is 8.51. The van der Waals surface area contributed by atoms with Gasteiger partial charge < -0.3 is 5.73 Å². The van der Waals surface area contributed by atoms with Crippen molar-refractivity contribution in [1.82, 2.24) is 14.5 Å². The number of hydrogen-bond acceptors (Lipinski definition) is 3. The highest BCUT2D eigenvalue weighted by Gasteiger charge is 2.11. The lowest BCUT2D eigenvalue weighted by Crippen LogP contribution is -2.06. The van der Waals surface area contributed by atoms with E-state index in [0.717, 1.165) is 17.7 Å². The molecule has 2 heterocycles. The summed E-state index contributed by atoms with van der Waals surface area (Å²) in [5, 5.41) is 0. The molecule has 0 saturated carbocycles. The molecule has 0 aliphatic carbocycles. The third-order valence-corrected chi connectivity index (χ3v) is 3.08. The lowest BCUT2D eigenvalue weighted by atomic mass is 10.2. The first-order valence-corrected chi connectivity index (χ1v) is 6.07. The van der Waals surface area contributed by atoms with Gasteiger partial charge in [-0.2, -0.15) is 0 Å². The van der Waals surface area contributed by atoms with E-state index in [1.54, 1.807) is 10.8 Å². The van der Waals surface area contributed by atoms with Gasteiger partial charge in [0.1, 0.15) is 5.52 Å². The Morgan fingerprint density at radius 2 is 2.00 bits per heavy atom. The molecule has 0 aliphatic heterocycles. The highest BCUT2D eigenvalue weighted by Crippen LogP contribution is 2.19. The maximum absolute atomic E-state index is 13.2. The summed E-state index contributed by atoms with van der Waals surface area (Å²) < 4.78 is 27.8. The van der Waals surface area contributed by atoms with Gasteiger partial charge in [0, 0.05) is 6.20 Å². The van der Waals surface area contributed by atoms with Crippen molar-refractivity contribution >= 4 is 17.1 Å². The van der Waals surface area contributed by atoms with Gasteiger partial charge in [-0.25, -0.2) is 18.7 Å². The Labute approximate surface area is 113 Å². The molecule has 102 valence electrons. The third kappa shape index (κ3) is 2.09. The number of imidazole rings is 1. The average Bonchev–Trinajstić information content (AvgIpc) is 2.69. The molecule has 2 aromatic heterocycles. The van der Waals surface area contributed by atoms with Crippen molar-refractivity contribution in [3.63, 3.8) is 0 Å². The molecule has 2 N–H and O–H groups in total. The molecule has 0 aliphatic rings. The Hall–Kier alpha value is -2.50. The number of rotatable bonds is 2. The van der Waals surface area contributed by atoms with Crippen LogP contribution in [-0.4, -0.2) is 14.5 Å². The monoisotopic (exact) mass is 274 g/mol. The highest BCUT2D eigenvalue weighted by molar-refractivity contribution is 5.74. The molecular formula is C14H12F2N4. The van der Waals surface area contributed by atoms with Gasteiger partial charge in [0.15, 0.2) is 17.3 Å². The van der Waals surface area contributed by atoms with E-state index in [9.17, 15) is 8.78 Å². The number of nitrogens with two attached hydrogens (primary N) is 1. The topological polar surface area (TPSA) is 56.7 Å². The number of halogens is 2. The number of fused-ring (bicyclic) bond motifs is 1. The SMILES string of the molecule is Cc1cnc2c(c1)nc(N)n2Cc1ccc(F)c(F)c1. The molecule has 0 radical (unpaired) electrons. The predicted octanol–water partition coefficient (Wildman–Crippen LogP) is 2.65. The Bertz CT molecular complexity index is 795. The number of nitrogens with zero attached hydrogens (tertiary/aromatic N) is 3. The first kappa shape index (κ1) is 12.5. The van der Waals surface area contributed by atoms with E-state index < -0.39 is 11.6 Å². The summed E-state index contributed by atoms with van der Waals surface area (Å²) in [7, 11) is 0. The van der Waals surface area contributed by atoms with E-state index in [4.69, 9.17) is 5.73 Å². The third-order valence-electron chi connectivity index (χ3n) is 3.08. The predicted molar refractivity (Wildman–Crippen MR) is 72.1 cm³/mol. The molecule has 0 fully saturated rings. The van der Waals surface area contributed by atoms with Gasteiger partial charge in [0.25, 0.3) is 0 Å². The maximum atomic E-state index is 13.2. The molecule has 3 aromatic rings. The quantitative estimate of drug-likeness (QED) is 0.781. The van der Waals surface area contributed by atoms with Gasteiger partial charge >= 0.3 is 0 Å². The first-order chi connectivity index (χ1) is 9.54. The molecule has 6 heteroatoms. The van der Waals surface area contributed by atoms with E-state index in [-0.39, 0.29) is 6.54 Å². The number of pyridine rings is 1. The minimum absolute atomic E-state index is 0.287. The minimum atomic E-state index is -0.880. The number of nitrogen functional groups attached to an aromatic ring is 1. The Morgan fingerprint density at radius 3 is 2.75 bits per heavy atom. The van der Waals surface area contributed by atoms with Crippen molar-refractivity contribution in [3.8, 4) is 0 Å². The zero-order chi connectivity index (χ0) is 14.3. The second kappa shape index (κ2) is 4.56. The number of aromatic nitrogens is 3. The Balaban J connectivity index is 2.05. The van der Waals surface area contributed by atoms with E-state index in [0.29, 0.717) is 22.7 Å². The van der Waals surface area contributed by atoms with Crippen molar-refractivity contribution in [2.24, 2.45) is 0 Å². The van der Waals surface area contributed by atoms with Crippen LogP contribution in [0, 0.1) is 18.6 Å². The summed E-state index contributed by atoms with van der Waals surface area (Å²) in [6.07, 6.45) is 1.71. The number of hydrogen-bond donors (Lipinski definition) is 1. The average molecular weight is 274 g/mol. The lowest BCUT2D eigenvalue weighted by Gasteiger charge is -2.06. The molecule has 20 heavy (non-hydrogen) atoms. The molecule has 0 bridgehead atoms. The maximum Gasteiger partial charge on any atom is 0.202 e. The standard InChI is InChI=1S/C14H12F2N4/c1-8-4-12-13(18-6-8)20(14(17)19-12)7-9-2-3-10(15)11(16)5-9/h2-6H,7H2,1H3,(H2,17,19).